The van der Waals surface area contributed by atoms with E-state index < -0.39 is 0 Å². The Bertz CT molecular complexity index is 685. The average Bonchev–Trinajstić information content (AvgIpc) is 2.68. The zero-order valence-corrected chi connectivity index (χ0v) is 15.2. The van der Waals surface area contributed by atoms with Gasteiger partial charge in [0.15, 0.2) is 0 Å². The number of piperidine rings is 1. The van der Waals surface area contributed by atoms with Crippen LogP contribution in [0.5, 0.6) is 5.75 Å². The first-order valence-corrected chi connectivity index (χ1v) is 9.70. The Morgan fingerprint density at radius 1 is 0.923 bits per heavy atom. The summed E-state index contributed by atoms with van der Waals surface area (Å²) in [6, 6.07) is 17.4. The van der Waals surface area contributed by atoms with Crippen molar-refractivity contribution in [3.8, 4) is 5.75 Å². The molecule has 0 spiro atoms. The Morgan fingerprint density at radius 2 is 1.65 bits per heavy atom. The summed E-state index contributed by atoms with van der Waals surface area (Å²) >= 11 is 0. The van der Waals surface area contributed by atoms with Crippen molar-refractivity contribution in [3.05, 3.63) is 66.0 Å². The molecule has 26 heavy (non-hydrogen) atoms. The van der Waals surface area contributed by atoms with Gasteiger partial charge in [-0.2, -0.15) is 0 Å². The van der Waals surface area contributed by atoms with Crippen LogP contribution in [-0.4, -0.2) is 48.1 Å². The molecule has 2 atom stereocenters. The Kier molecular flexibility index (Phi) is 5.51. The molecule has 0 amide bonds. The lowest BCUT2D eigenvalue weighted by molar-refractivity contribution is -0.0659. The zero-order valence-electron chi connectivity index (χ0n) is 15.2. The van der Waals surface area contributed by atoms with Crippen molar-refractivity contribution in [2.24, 2.45) is 0 Å². The number of hydrogen-bond acceptors (Lipinski definition) is 3. The van der Waals surface area contributed by atoms with Crippen LogP contribution in [-0.2, 0) is 6.54 Å². The summed E-state index contributed by atoms with van der Waals surface area (Å²) in [5, 5.41) is 0. The molecule has 0 aliphatic carbocycles. The van der Waals surface area contributed by atoms with E-state index in [1.165, 1.54) is 50.0 Å². The van der Waals surface area contributed by atoms with E-state index in [0.717, 1.165) is 25.4 Å². The van der Waals surface area contributed by atoms with Crippen molar-refractivity contribution in [1.29, 1.82) is 0 Å². The number of benzene rings is 2. The maximum Gasteiger partial charge on any atom is 0.128 e. The molecule has 2 aliphatic rings. The molecule has 2 saturated heterocycles. The molecule has 0 saturated carbocycles. The molecule has 2 fully saturated rings. The van der Waals surface area contributed by atoms with E-state index >= 15 is 0 Å². The van der Waals surface area contributed by atoms with Crippen molar-refractivity contribution < 1.29 is 9.13 Å². The van der Waals surface area contributed by atoms with Gasteiger partial charge in [-0.3, -0.25) is 4.90 Å². The Morgan fingerprint density at radius 3 is 2.38 bits per heavy atom. The van der Waals surface area contributed by atoms with Crippen LogP contribution in [0, 0.1) is 5.82 Å². The van der Waals surface area contributed by atoms with Crippen molar-refractivity contribution in [1.82, 2.24) is 9.80 Å². The highest BCUT2D eigenvalue weighted by Gasteiger charge is 2.41. The van der Waals surface area contributed by atoms with Crippen LogP contribution in [0.4, 0.5) is 4.39 Å². The summed E-state index contributed by atoms with van der Waals surface area (Å²) in [6.07, 6.45) is 4.12. The number of rotatable bonds is 6. The third-order valence-corrected chi connectivity index (χ3v) is 5.54. The van der Waals surface area contributed by atoms with Gasteiger partial charge in [-0.25, -0.2) is 4.39 Å². The molecule has 2 aromatic carbocycles. The summed E-state index contributed by atoms with van der Waals surface area (Å²) in [5.41, 5.74) is 1.34. The largest absolute Gasteiger partial charge is 0.487 e. The summed E-state index contributed by atoms with van der Waals surface area (Å²) in [4.78, 5) is 5.09. The number of halogens is 1. The first-order chi connectivity index (χ1) is 12.8. The Labute approximate surface area is 155 Å². The Hall–Kier alpha value is -1.91. The molecule has 0 bridgehead atoms. The molecular formula is C22H27FN2O. The molecule has 2 heterocycles. The van der Waals surface area contributed by atoms with Gasteiger partial charge in [0, 0.05) is 19.6 Å². The van der Waals surface area contributed by atoms with Crippen LogP contribution in [0.15, 0.2) is 54.6 Å². The smallest absolute Gasteiger partial charge is 0.128 e. The molecule has 4 rings (SSSR count). The standard InChI is InChI=1S/C22H27FN2O/c23-19-9-11-20(12-10-19)26-22-17-25(15-18-7-3-1-4-8-18)21(22)16-24-13-5-2-6-14-24/h1,3-4,7-12,21-22H,2,5-6,13-17H2/t21-,22-/m1/s1. The van der Waals surface area contributed by atoms with Crippen molar-refractivity contribution >= 4 is 0 Å². The van der Waals surface area contributed by atoms with Gasteiger partial charge in [-0.05, 0) is 55.8 Å². The molecule has 0 radical (unpaired) electrons. The number of ether oxygens (including phenoxy) is 1. The van der Waals surface area contributed by atoms with E-state index in [0.29, 0.717) is 6.04 Å². The monoisotopic (exact) mass is 354 g/mol. The first-order valence-electron chi connectivity index (χ1n) is 9.70. The molecule has 0 aromatic heterocycles. The van der Waals surface area contributed by atoms with Crippen molar-refractivity contribution in [3.63, 3.8) is 0 Å². The topological polar surface area (TPSA) is 15.7 Å². The van der Waals surface area contributed by atoms with Gasteiger partial charge in [0.2, 0.25) is 0 Å². The van der Waals surface area contributed by atoms with Gasteiger partial charge in [0.1, 0.15) is 17.7 Å². The van der Waals surface area contributed by atoms with Gasteiger partial charge in [0.05, 0.1) is 6.04 Å². The predicted molar refractivity (Wildman–Crippen MR) is 102 cm³/mol. The van der Waals surface area contributed by atoms with E-state index in [2.05, 4.69) is 40.1 Å². The molecule has 4 heteroatoms. The van der Waals surface area contributed by atoms with E-state index in [9.17, 15) is 4.39 Å². The highest BCUT2D eigenvalue weighted by atomic mass is 19.1. The fourth-order valence-corrected chi connectivity index (χ4v) is 4.03. The third kappa shape index (κ3) is 4.25. The minimum Gasteiger partial charge on any atom is -0.487 e. The molecule has 2 aromatic rings. The normalized spacial score (nSPS) is 24.2. The summed E-state index contributed by atoms with van der Waals surface area (Å²) in [7, 11) is 0. The number of nitrogens with zero attached hydrogens (tertiary/aromatic N) is 2. The number of likely N-dealkylation sites (tertiary alicyclic amines) is 2. The molecule has 138 valence electrons. The van der Waals surface area contributed by atoms with E-state index in [1.807, 2.05) is 0 Å². The van der Waals surface area contributed by atoms with Crippen LogP contribution in [0.3, 0.4) is 0 Å². The van der Waals surface area contributed by atoms with Crippen molar-refractivity contribution in [2.45, 2.75) is 38.0 Å². The molecular weight excluding hydrogens is 327 g/mol. The van der Waals surface area contributed by atoms with Crippen LogP contribution in [0.1, 0.15) is 24.8 Å². The molecule has 0 N–H and O–H groups in total. The SMILES string of the molecule is Fc1ccc(O[C@@H]2CN(Cc3ccccc3)[C@@H]2CN2CCCCC2)cc1. The van der Waals surface area contributed by atoms with Crippen LogP contribution in [0.2, 0.25) is 0 Å². The minimum absolute atomic E-state index is 0.172. The lowest BCUT2D eigenvalue weighted by atomic mass is 9.96. The second-order valence-electron chi connectivity index (χ2n) is 7.45. The molecule has 0 unspecified atom stereocenters. The van der Waals surface area contributed by atoms with E-state index in [1.54, 1.807) is 12.1 Å². The van der Waals surface area contributed by atoms with Crippen LogP contribution >= 0.6 is 0 Å². The van der Waals surface area contributed by atoms with E-state index in [4.69, 9.17) is 4.74 Å². The van der Waals surface area contributed by atoms with Gasteiger partial charge in [-0.15, -0.1) is 0 Å². The predicted octanol–water partition coefficient (Wildman–Crippen LogP) is 3.94. The first kappa shape index (κ1) is 17.5. The van der Waals surface area contributed by atoms with Gasteiger partial charge >= 0.3 is 0 Å². The summed E-state index contributed by atoms with van der Waals surface area (Å²) in [5.74, 6) is 0.543. The van der Waals surface area contributed by atoms with Crippen LogP contribution in [0.25, 0.3) is 0 Å². The Balaban J connectivity index is 1.42. The van der Waals surface area contributed by atoms with Crippen molar-refractivity contribution in [2.75, 3.05) is 26.2 Å². The highest BCUT2D eigenvalue weighted by Crippen LogP contribution is 2.27. The van der Waals surface area contributed by atoms with Gasteiger partial charge < -0.3 is 9.64 Å². The zero-order chi connectivity index (χ0) is 17.8. The van der Waals surface area contributed by atoms with E-state index in [-0.39, 0.29) is 11.9 Å². The fraction of sp³-hybridized carbons (Fsp3) is 0.455. The molecule has 3 nitrogen and oxygen atoms in total. The second kappa shape index (κ2) is 8.19. The van der Waals surface area contributed by atoms with Gasteiger partial charge in [-0.1, -0.05) is 36.8 Å². The third-order valence-electron chi connectivity index (χ3n) is 5.54. The maximum absolute atomic E-state index is 13.1. The van der Waals surface area contributed by atoms with Gasteiger partial charge in [0.25, 0.3) is 0 Å². The quantitative estimate of drug-likeness (QED) is 0.781. The second-order valence-corrected chi connectivity index (χ2v) is 7.45. The lowest BCUT2D eigenvalue weighted by Crippen LogP contribution is -2.65. The fourth-order valence-electron chi connectivity index (χ4n) is 4.03. The van der Waals surface area contributed by atoms with Crippen LogP contribution < -0.4 is 4.74 Å². The number of hydrogen-bond donors (Lipinski definition) is 0. The summed E-state index contributed by atoms with van der Waals surface area (Å²) < 4.78 is 19.3. The maximum atomic E-state index is 13.1. The minimum atomic E-state index is -0.221. The average molecular weight is 354 g/mol. The summed E-state index contributed by atoms with van der Waals surface area (Å²) in [6.45, 7) is 5.32. The molecule has 2 aliphatic heterocycles. The lowest BCUT2D eigenvalue weighted by Gasteiger charge is -2.49. The highest BCUT2D eigenvalue weighted by molar-refractivity contribution is 5.23.